The summed E-state index contributed by atoms with van der Waals surface area (Å²) < 4.78 is 0. The van der Waals surface area contributed by atoms with E-state index in [1.165, 1.54) is 11.8 Å². The summed E-state index contributed by atoms with van der Waals surface area (Å²) in [5, 5.41) is 10.7. The van der Waals surface area contributed by atoms with Crippen LogP contribution in [0.5, 0.6) is 0 Å². The average Bonchev–Trinajstić information content (AvgIpc) is 3.17. The lowest BCUT2D eigenvalue weighted by Gasteiger charge is -2.33. The van der Waals surface area contributed by atoms with Crippen molar-refractivity contribution in [1.29, 1.82) is 0 Å². The zero-order valence-electron chi connectivity index (χ0n) is 14.7. The maximum absolute atomic E-state index is 12.1. The maximum Gasteiger partial charge on any atom is 0.258 e. The molecule has 0 radical (unpaired) electrons. The molecule has 0 aliphatic carbocycles. The average molecular weight is 401 g/mol. The second kappa shape index (κ2) is 7.35. The predicted octanol–water partition coefficient (Wildman–Crippen LogP) is 4.55. The minimum Gasteiger partial charge on any atom is -0.322 e. The number of nitrogens with one attached hydrogen (secondary N) is 2. The molecule has 1 aromatic heterocycles. The van der Waals surface area contributed by atoms with Crippen molar-refractivity contribution in [2.24, 2.45) is 0 Å². The van der Waals surface area contributed by atoms with E-state index in [9.17, 15) is 4.79 Å². The highest BCUT2D eigenvalue weighted by molar-refractivity contribution is 6.35. The van der Waals surface area contributed by atoms with Gasteiger partial charge in [0.2, 0.25) is 0 Å². The van der Waals surface area contributed by atoms with Gasteiger partial charge in [-0.25, -0.2) is 0 Å². The van der Waals surface area contributed by atoms with Gasteiger partial charge in [-0.2, -0.15) is 5.10 Å². The Balaban J connectivity index is 1.60. The fraction of sp³-hybridized carbons (Fsp3) is 0.200. The molecular formula is C20H18Cl2N4O. The molecule has 1 atom stereocenters. The molecule has 3 aromatic rings. The lowest BCUT2D eigenvalue weighted by atomic mass is 9.84. The van der Waals surface area contributed by atoms with E-state index < -0.39 is 0 Å². The molecule has 0 spiro atoms. The summed E-state index contributed by atoms with van der Waals surface area (Å²) in [6.45, 7) is 1.69. The quantitative estimate of drug-likeness (QED) is 0.677. The first-order valence-electron chi connectivity index (χ1n) is 8.57. The lowest BCUT2D eigenvalue weighted by molar-refractivity contribution is 0.102. The molecule has 27 heavy (non-hydrogen) atoms. The van der Waals surface area contributed by atoms with E-state index in [0.29, 0.717) is 15.6 Å². The number of fused-ring (bicyclic) bond motifs is 1. The second-order valence-corrected chi connectivity index (χ2v) is 7.61. The third-order valence-corrected chi connectivity index (χ3v) is 5.38. The number of benzene rings is 2. The highest BCUT2D eigenvalue weighted by Crippen LogP contribution is 2.38. The number of likely N-dealkylation sites (N-methyl/N-ethyl adjacent to an activating group) is 1. The van der Waals surface area contributed by atoms with Crippen molar-refractivity contribution in [2.45, 2.75) is 12.5 Å². The van der Waals surface area contributed by atoms with E-state index in [-0.39, 0.29) is 11.8 Å². The van der Waals surface area contributed by atoms with Gasteiger partial charge >= 0.3 is 0 Å². The molecule has 0 fully saturated rings. The topological polar surface area (TPSA) is 61.0 Å². The van der Waals surface area contributed by atoms with Crippen LogP contribution in [-0.2, 0) is 6.54 Å². The highest BCUT2D eigenvalue weighted by atomic mass is 35.5. The van der Waals surface area contributed by atoms with Crippen molar-refractivity contribution < 1.29 is 4.79 Å². The highest BCUT2D eigenvalue weighted by Gasteiger charge is 2.27. The van der Waals surface area contributed by atoms with Gasteiger partial charge in [0.1, 0.15) is 0 Å². The Labute approximate surface area is 167 Å². The minimum absolute atomic E-state index is 0.175. The molecule has 1 aliphatic heterocycles. The normalized spacial score (nSPS) is 16.8. The fourth-order valence-corrected chi connectivity index (χ4v) is 4.08. The van der Waals surface area contributed by atoms with E-state index in [0.717, 1.165) is 29.9 Å². The SMILES string of the molecule is CN1Cc2c(Cl)cc(Cl)cc2C(c2ccc(NC(=O)c3cn[nH]c3)cc2)C1. The van der Waals surface area contributed by atoms with Crippen molar-refractivity contribution in [3.63, 3.8) is 0 Å². The molecule has 0 saturated heterocycles. The fourth-order valence-electron chi connectivity index (χ4n) is 3.51. The van der Waals surface area contributed by atoms with E-state index in [2.05, 4.69) is 27.5 Å². The third-order valence-electron chi connectivity index (χ3n) is 4.82. The molecule has 4 rings (SSSR count). The van der Waals surface area contributed by atoms with Crippen LogP contribution in [0.1, 0.15) is 33.0 Å². The van der Waals surface area contributed by atoms with Crippen molar-refractivity contribution in [2.75, 3.05) is 18.9 Å². The molecule has 7 heteroatoms. The van der Waals surface area contributed by atoms with Gasteiger partial charge in [-0.15, -0.1) is 0 Å². The smallest absolute Gasteiger partial charge is 0.258 e. The Morgan fingerprint density at radius 2 is 2.04 bits per heavy atom. The molecule has 1 aliphatic rings. The minimum atomic E-state index is -0.196. The van der Waals surface area contributed by atoms with E-state index in [1.807, 2.05) is 30.3 Å². The summed E-state index contributed by atoms with van der Waals surface area (Å²) in [5.41, 5.74) is 4.67. The lowest BCUT2D eigenvalue weighted by Crippen LogP contribution is -2.31. The molecule has 1 unspecified atom stereocenters. The first kappa shape index (κ1) is 18.0. The number of aromatic amines is 1. The van der Waals surface area contributed by atoms with Gasteiger partial charge in [0.25, 0.3) is 5.91 Å². The number of rotatable bonds is 3. The summed E-state index contributed by atoms with van der Waals surface area (Å²) in [5.74, 6) is -0.0219. The van der Waals surface area contributed by atoms with Crippen LogP contribution in [0.3, 0.4) is 0 Å². The Morgan fingerprint density at radius 3 is 2.74 bits per heavy atom. The number of aromatic nitrogens is 2. The summed E-state index contributed by atoms with van der Waals surface area (Å²) in [6, 6.07) is 11.7. The van der Waals surface area contributed by atoms with Gasteiger partial charge in [0, 0.05) is 40.9 Å². The number of H-pyrrole nitrogens is 1. The molecule has 5 nitrogen and oxygen atoms in total. The number of carbonyl (C=O) groups is 1. The Hall–Kier alpha value is -2.34. The van der Waals surface area contributed by atoms with Crippen LogP contribution >= 0.6 is 23.2 Å². The summed E-state index contributed by atoms with van der Waals surface area (Å²) in [4.78, 5) is 14.4. The van der Waals surface area contributed by atoms with Crippen LogP contribution in [-0.4, -0.2) is 34.6 Å². The van der Waals surface area contributed by atoms with Gasteiger partial charge < -0.3 is 10.2 Å². The van der Waals surface area contributed by atoms with E-state index in [1.54, 1.807) is 12.3 Å². The van der Waals surface area contributed by atoms with Crippen molar-refractivity contribution in [3.05, 3.63) is 81.1 Å². The molecule has 1 amide bonds. The third kappa shape index (κ3) is 3.72. The number of hydrogen-bond acceptors (Lipinski definition) is 3. The largest absolute Gasteiger partial charge is 0.322 e. The first-order chi connectivity index (χ1) is 13.0. The van der Waals surface area contributed by atoms with Crippen LogP contribution in [0.25, 0.3) is 0 Å². The van der Waals surface area contributed by atoms with Gasteiger partial charge in [-0.05, 0) is 48.0 Å². The number of nitrogens with zero attached hydrogens (tertiary/aromatic N) is 2. The van der Waals surface area contributed by atoms with Gasteiger partial charge in [0.15, 0.2) is 0 Å². The van der Waals surface area contributed by atoms with Gasteiger partial charge in [0.05, 0.1) is 11.8 Å². The Morgan fingerprint density at radius 1 is 1.26 bits per heavy atom. The summed E-state index contributed by atoms with van der Waals surface area (Å²) in [7, 11) is 2.08. The zero-order valence-corrected chi connectivity index (χ0v) is 16.2. The van der Waals surface area contributed by atoms with Gasteiger partial charge in [-0.3, -0.25) is 9.89 Å². The van der Waals surface area contributed by atoms with Crippen molar-refractivity contribution >= 4 is 34.8 Å². The summed E-state index contributed by atoms with van der Waals surface area (Å²) in [6.07, 6.45) is 3.05. The molecule has 138 valence electrons. The van der Waals surface area contributed by atoms with Crippen LogP contribution in [0.4, 0.5) is 5.69 Å². The number of hydrogen-bond donors (Lipinski definition) is 2. The van der Waals surface area contributed by atoms with Crippen LogP contribution < -0.4 is 5.32 Å². The number of anilines is 1. The van der Waals surface area contributed by atoms with Gasteiger partial charge in [-0.1, -0.05) is 35.3 Å². The summed E-state index contributed by atoms with van der Waals surface area (Å²) >= 11 is 12.7. The molecule has 2 heterocycles. The Kier molecular flexibility index (Phi) is 4.91. The number of amides is 1. The standard InChI is InChI=1S/C20H18Cl2N4O/c1-26-10-17(16-6-14(21)7-19(22)18(16)11-26)12-2-4-15(5-3-12)25-20(27)13-8-23-24-9-13/h2-9,17H,10-11H2,1H3,(H,23,24)(H,25,27). The van der Waals surface area contributed by atoms with Crippen molar-refractivity contribution in [1.82, 2.24) is 15.1 Å². The van der Waals surface area contributed by atoms with Crippen LogP contribution in [0.15, 0.2) is 48.8 Å². The van der Waals surface area contributed by atoms with Crippen molar-refractivity contribution in [3.8, 4) is 0 Å². The number of halogens is 2. The monoisotopic (exact) mass is 400 g/mol. The molecular weight excluding hydrogens is 383 g/mol. The molecule has 2 N–H and O–H groups in total. The first-order valence-corrected chi connectivity index (χ1v) is 9.33. The number of carbonyl (C=O) groups excluding carboxylic acids is 1. The predicted molar refractivity (Wildman–Crippen MR) is 108 cm³/mol. The maximum atomic E-state index is 12.1. The molecule has 0 saturated carbocycles. The van der Waals surface area contributed by atoms with E-state index >= 15 is 0 Å². The molecule has 2 aromatic carbocycles. The van der Waals surface area contributed by atoms with Crippen LogP contribution in [0, 0.1) is 0 Å². The van der Waals surface area contributed by atoms with E-state index in [4.69, 9.17) is 23.2 Å². The zero-order chi connectivity index (χ0) is 19.0. The second-order valence-electron chi connectivity index (χ2n) is 6.77. The molecule has 0 bridgehead atoms. The van der Waals surface area contributed by atoms with Crippen LogP contribution in [0.2, 0.25) is 10.0 Å². The Bertz CT molecular complexity index is 970.